The zero-order chi connectivity index (χ0) is 19.1. The summed E-state index contributed by atoms with van der Waals surface area (Å²) in [5.74, 6) is 0.749. The van der Waals surface area contributed by atoms with E-state index in [1.807, 2.05) is 39.0 Å². The van der Waals surface area contributed by atoms with Gasteiger partial charge in [0.25, 0.3) is 5.91 Å². The van der Waals surface area contributed by atoms with Crippen molar-refractivity contribution in [1.29, 1.82) is 0 Å². The minimum atomic E-state index is -0.231. The molecule has 0 radical (unpaired) electrons. The third-order valence-corrected chi connectivity index (χ3v) is 4.32. The van der Waals surface area contributed by atoms with Crippen LogP contribution in [-0.4, -0.2) is 19.1 Å². The number of para-hydroxylation sites is 1. The molecule has 0 fully saturated rings. The first-order valence-corrected chi connectivity index (χ1v) is 9.32. The maximum absolute atomic E-state index is 12.7. The summed E-state index contributed by atoms with van der Waals surface area (Å²) in [6.45, 7) is 8.92. The lowest BCUT2D eigenvalue weighted by Crippen LogP contribution is -2.14. The maximum atomic E-state index is 12.7. The number of hydrogen-bond acceptors (Lipinski definition) is 3. The van der Waals surface area contributed by atoms with Crippen LogP contribution in [-0.2, 0) is 0 Å². The second kappa shape index (κ2) is 9.48. The fourth-order valence-corrected chi connectivity index (χ4v) is 2.88. The van der Waals surface area contributed by atoms with Crippen LogP contribution in [0.4, 0.5) is 5.69 Å². The van der Waals surface area contributed by atoms with E-state index in [-0.39, 0.29) is 5.91 Å². The highest BCUT2D eigenvalue weighted by atomic mass is 35.5. The highest BCUT2D eigenvalue weighted by Crippen LogP contribution is 2.37. The van der Waals surface area contributed by atoms with Crippen molar-refractivity contribution in [2.45, 2.75) is 40.5 Å². The first-order valence-electron chi connectivity index (χ1n) is 8.94. The summed E-state index contributed by atoms with van der Waals surface area (Å²) in [6.07, 6.45) is 1.95. The molecule has 0 saturated heterocycles. The number of nitrogens with one attached hydrogen (secondary N) is 1. The van der Waals surface area contributed by atoms with Crippen molar-refractivity contribution in [3.8, 4) is 11.5 Å². The lowest BCUT2D eigenvalue weighted by atomic mass is 10.1. The van der Waals surface area contributed by atoms with Gasteiger partial charge in [0.15, 0.2) is 11.5 Å². The van der Waals surface area contributed by atoms with Gasteiger partial charge in [-0.1, -0.05) is 43.1 Å². The number of aryl methyl sites for hydroxylation is 2. The van der Waals surface area contributed by atoms with Crippen LogP contribution in [0.1, 0.15) is 48.2 Å². The van der Waals surface area contributed by atoms with Crippen LogP contribution in [0, 0.1) is 13.8 Å². The van der Waals surface area contributed by atoms with Gasteiger partial charge in [-0.05, 0) is 50.5 Å². The fourth-order valence-electron chi connectivity index (χ4n) is 2.62. The minimum absolute atomic E-state index is 0.231. The van der Waals surface area contributed by atoms with Crippen molar-refractivity contribution in [2.24, 2.45) is 0 Å². The molecule has 0 aliphatic carbocycles. The van der Waals surface area contributed by atoms with Gasteiger partial charge in [-0.2, -0.15) is 0 Å². The molecule has 5 heteroatoms. The van der Waals surface area contributed by atoms with Crippen molar-refractivity contribution >= 4 is 23.2 Å². The Morgan fingerprint density at radius 3 is 2.42 bits per heavy atom. The molecule has 4 nitrogen and oxygen atoms in total. The lowest BCUT2D eigenvalue weighted by Gasteiger charge is -2.16. The molecule has 140 valence electrons. The summed E-state index contributed by atoms with van der Waals surface area (Å²) in [5.41, 5.74) is 3.27. The molecule has 2 rings (SSSR count). The molecule has 1 N–H and O–H groups in total. The van der Waals surface area contributed by atoms with Crippen LogP contribution in [0.2, 0.25) is 5.02 Å². The predicted octanol–water partition coefficient (Wildman–Crippen LogP) is 5.79. The fraction of sp³-hybridized carbons (Fsp3) is 0.381. The number of benzene rings is 2. The molecule has 0 saturated carbocycles. The predicted molar refractivity (Wildman–Crippen MR) is 107 cm³/mol. The molecule has 2 aromatic carbocycles. The first kappa shape index (κ1) is 20.1. The second-order valence-corrected chi connectivity index (χ2v) is 6.55. The molecular formula is C21H26ClNO3. The van der Waals surface area contributed by atoms with Crippen LogP contribution < -0.4 is 14.8 Å². The molecule has 0 aliphatic heterocycles. The van der Waals surface area contributed by atoms with Gasteiger partial charge in [0, 0.05) is 11.3 Å². The van der Waals surface area contributed by atoms with Crippen molar-refractivity contribution in [3.63, 3.8) is 0 Å². The van der Waals surface area contributed by atoms with Crippen LogP contribution >= 0.6 is 11.6 Å². The number of rotatable bonds is 8. The average molecular weight is 376 g/mol. The van der Waals surface area contributed by atoms with Crippen LogP contribution in [0.25, 0.3) is 0 Å². The quantitative estimate of drug-likeness (QED) is 0.594. The zero-order valence-corrected chi connectivity index (χ0v) is 16.6. The summed E-state index contributed by atoms with van der Waals surface area (Å²) in [6, 6.07) is 9.19. The Kier molecular flexibility index (Phi) is 7.34. The molecule has 0 atom stereocenters. The molecule has 0 spiro atoms. The van der Waals surface area contributed by atoms with Crippen molar-refractivity contribution in [3.05, 3.63) is 52.0 Å². The molecule has 0 unspecified atom stereocenters. The molecule has 0 aliphatic rings. The molecular weight excluding hydrogens is 350 g/mol. The highest BCUT2D eigenvalue weighted by molar-refractivity contribution is 6.32. The maximum Gasteiger partial charge on any atom is 0.255 e. The third-order valence-electron chi connectivity index (χ3n) is 4.04. The first-order chi connectivity index (χ1) is 12.5. The van der Waals surface area contributed by atoms with Gasteiger partial charge in [-0.25, -0.2) is 0 Å². The Balaban J connectivity index is 2.29. The van der Waals surface area contributed by atoms with E-state index in [0.29, 0.717) is 35.3 Å². The Bertz CT molecular complexity index is 754. The zero-order valence-electron chi connectivity index (χ0n) is 15.8. The molecule has 0 aromatic heterocycles. The van der Waals surface area contributed by atoms with E-state index in [0.717, 1.165) is 29.7 Å². The smallest absolute Gasteiger partial charge is 0.255 e. The highest BCUT2D eigenvalue weighted by Gasteiger charge is 2.17. The molecule has 2 aromatic rings. The standard InChI is InChI=1S/C21H26ClNO3/c1-5-7-11-26-20-17(22)12-16(13-18(20)25-6-2)21(24)23-19-14(3)9-8-10-15(19)4/h8-10,12-13H,5-7,11H2,1-4H3,(H,23,24). The van der Waals surface area contributed by atoms with E-state index < -0.39 is 0 Å². The van der Waals surface area contributed by atoms with Gasteiger partial charge in [0.1, 0.15) is 0 Å². The third kappa shape index (κ3) is 4.92. The number of halogens is 1. The summed E-state index contributed by atoms with van der Waals surface area (Å²) in [5, 5.41) is 3.34. The molecule has 1 amide bonds. The van der Waals surface area contributed by atoms with E-state index in [2.05, 4.69) is 12.2 Å². The van der Waals surface area contributed by atoms with E-state index in [4.69, 9.17) is 21.1 Å². The van der Waals surface area contributed by atoms with E-state index in [9.17, 15) is 4.79 Å². The van der Waals surface area contributed by atoms with Gasteiger partial charge < -0.3 is 14.8 Å². The number of carbonyl (C=O) groups excluding carboxylic acids is 1. The van der Waals surface area contributed by atoms with Gasteiger partial charge in [-0.3, -0.25) is 4.79 Å². The number of hydrogen-bond donors (Lipinski definition) is 1. The average Bonchev–Trinajstić information content (AvgIpc) is 2.60. The SMILES string of the molecule is CCCCOc1c(Cl)cc(C(=O)Nc2c(C)cccc2C)cc1OCC. The van der Waals surface area contributed by atoms with E-state index in [1.165, 1.54) is 0 Å². The van der Waals surface area contributed by atoms with Gasteiger partial charge in [0.2, 0.25) is 0 Å². The molecule has 26 heavy (non-hydrogen) atoms. The van der Waals surface area contributed by atoms with E-state index in [1.54, 1.807) is 12.1 Å². The summed E-state index contributed by atoms with van der Waals surface area (Å²) < 4.78 is 11.4. The largest absolute Gasteiger partial charge is 0.490 e. The minimum Gasteiger partial charge on any atom is -0.490 e. The number of ether oxygens (including phenoxy) is 2. The summed E-state index contributed by atoms with van der Waals surface area (Å²) in [7, 11) is 0. The topological polar surface area (TPSA) is 47.6 Å². The Hall–Kier alpha value is -2.20. The normalized spacial score (nSPS) is 10.5. The number of amides is 1. The number of unbranched alkanes of at least 4 members (excludes halogenated alkanes) is 1. The van der Waals surface area contributed by atoms with Crippen molar-refractivity contribution < 1.29 is 14.3 Å². The molecule has 0 heterocycles. The lowest BCUT2D eigenvalue weighted by molar-refractivity contribution is 0.102. The number of anilines is 1. The summed E-state index contributed by atoms with van der Waals surface area (Å²) >= 11 is 6.37. The van der Waals surface area contributed by atoms with Crippen molar-refractivity contribution in [1.82, 2.24) is 0 Å². The van der Waals surface area contributed by atoms with Gasteiger partial charge >= 0.3 is 0 Å². The van der Waals surface area contributed by atoms with Gasteiger partial charge in [0.05, 0.1) is 18.2 Å². The van der Waals surface area contributed by atoms with Crippen molar-refractivity contribution in [2.75, 3.05) is 18.5 Å². The van der Waals surface area contributed by atoms with Crippen LogP contribution in [0.15, 0.2) is 30.3 Å². The second-order valence-electron chi connectivity index (χ2n) is 6.14. The monoisotopic (exact) mass is 375 g/mol. The summed E-state index contributed by atoms with van der Waals surface area (Å²) in [4.78, 5) is 12.7. The Labute approximate surface area is 160 Å². The Morgan fingerprint density at radius 1 is 1.12 bits per heavy atom. The number of carbonyl (C=O) groups is 1. The van der Waals surface area contributed by atoms with Gasteiger partial charge in [-0.15, -0.1) is 0 Å². The molecule has 0 bridgehead atoms. The van der Waals surface area contributed by atoms with E-state index >= 15 is 0 Å². The van der Waals surface area contributed by atoms with Crippen LogP contribution in [0.5, 0.6) is 11.5 Å². The van der Waals surface area contributed by atoms with Crippen LogP contribution in [0.3, 0.4) is 0 Å². The Morgan fingerprint density at radius 2 is 1.81 bits per heavy atom.